The molecule has 0 bridgehead atoms. The molecule has 80 valence electrons. The highest BCUT2D eigenvalue weighted by molar-refractivity contribution is 5.07. The van der Waals surface area contributed by atoms with Crippen molar-refractivity contribution >= 4 is 0 Å². The van der Waals surface area contributed by atoms with E-state index in [1.54, 1.807) is 12.2 Å². The van der Waals surface area contributed by atoms with Crippen molar-refractivity contribution in [2.75, 3.05) is 0 Å². The van der Waals surface area contributed by atoms with E-state index in [9.17, 15) is 10.2 Å². The second-order valence-corrected chi connectivity index (χ2v) is 4.41. The zero-order valence-electron chi connectivity index (χ0n) is 9.14. The Kier molecular flexibility index (Phi) is 3.90. The van der Waals surface area contributed by atoms with Gasteiger partial charge < -0.3 is 10.2 Å². The number of rotatable bonds is 2. The fraction of sp³-hybridized carbons (Fsp3) is 0.667. The second kappa shape index (κ2) is 4.76. The first kappa shape index (κ1) is 11.5. The maximum atomic E-state index is 9.74. The van der Waals surface area contributed by atoms with Crippen molar-refractivity contribution in [3.8, 4) is 0 Å². The van der Waals surface area contributed by atoms with Gasteiger partial charge in [0.1, 0.15) is 0 Å². The van der Waals surface area contributed by atoms with Crippen LogP contribution >= 0.6 is 0 Å². The van der Waals surface area contributed by atoms with Crippen LogP contribution in [0.2, 0.25) is 0 Å². The van der Waals surface area contributed by atoms with Gasteiger partial charge in [0.15, 0.2) is 0 Å². The quantitative estimate of drug-likeness (QED) is 0.662. The van der Waals surface area contributed by atoms with Gasteiger partial charge in [-0.1, -0.05) is 30.7 Å². The van der Waals surface area contributed by atoms with Gasteiger partial charge in [0.25, 0.3) is 0 Å². The van der Waals surface area contributed by atoms with Crippen molar-refractivity contribution in [1.82, 2.24) is 0 Å². The van der Waals surface area contributed by atoms with Crippen LogP contribution in [-0.2, 0) is 0 Å². The van der Waals surface area contributed by atoms with E-state index in [-0.39, 0.29) is 11.8 Å². The minimum absolute atomic E-state index is 0.130. The van der Waals surface area contributed by atoms with E-state index in [2.05, 4.69) is 6.08 Å². The second-order valence-electron chi connectivity index (χ2n) is 4.41. The van der Waals surface area contributed by atoms with E-state index in [0.717, 1.165) is 6.42 Å². The molecule has 0 spiro atoms. The predicted molar refractivity (Wildman–Crippen MR) is 57.9 cm³/mol. The Hall–Kier alpha value is -0.600. The van der Waals surface area contributed by atoms with E-state index >= 15 is 0 Å². The van der Waals surface area contributed by atoms with Crippen LogP contribution < -0.4 is 0 Å². The molecule has 1 aliphatic rings. The third-order valence-electron chi connectivity index (χ3n) is 2.96. The molecule has 0 heterocycles. The molecule has 2 N–H and O–H groups in total. The molecular formula is C12H20O2. The van der Waals surface area contributed by atoms with Crippen LogP contribution in [0.15, 0.2) is 23.8 Å². The molecule has 0 aromatic carbocycles. The van der Waals surface area contributed by atoms with Gasteiger partial charge in [0.2, 0.25) is 0 Å². The standard InChI is InChI=1S/C12H20O2/c1-8(2)4-5-10-9(3)11(13)6-7-12(10)14/h4,6-7,9-14H,5H2,1-3H3/t9-,10+,11?,12-/m1/s1. The van der Waals surface area contributed by atoms with E-state index in [1.807, 2.05) is 20.8 Å². The summed E-state index contributed by atoms with van der Waals surface area (Å²) in [5.41, 5.74) is 1.26. The number of allylic oxidation sites excluding steroid dienone is 2. The molecular weight excluding hydrogens is 176 g/mol. The average molecular weight is 196 g/mol. The molecule has 2 heteroatoms. The molecule has 1 aliphatic carbocycles. The minimum atomic E-state index is -0.413. The average Bonchev–Trinajstić information content (AvgIpc) is 2.11. The highest BCUT2D eigenvalue weighted by Crippen LogP contribution is 2.29. The monoisotopic (exact) mass is 196 g/mol. The van der Waals surface area contributed by atoms with Gasteiger partial charge in [-0.2, -0.15) is 0 Å². The summed E-state index contributed by atoms with van der Waals surface area (Å²) in [6.07, 6.45) is 5.53. The highest BCUT2D eigenvalue weighted by Gasteiger charge is 2.30. The molecule has 1 rings (SSSR count). The van der Waals surface area contributed by atoms with Crippen LogP contribution in [0.3, 0.4) is 0 Å². The smallest absolute Gasteiger partial charge is 0.0756 e. The number of aliphatic hydroxyl groups is 2. The lowest BCUT2D eigenvalue weighted by molar-refractivity contribution is 0.0433. The van der Waals surface area contributed by atoms with Crippen molar-refractivity contribution in [3.05, 3.63) is 23.8 Å². The van der Waals surface area contributed by atoms with E-state index in [4.69, 9.17) is 0 Å². The third-order valence-corrected chi connectivity index (χ3v) is 2.96. The Balaban J connectivity index is 2.66. The lowest BCUT2D eigenvalue weighted by Gasteiger charge is -2.32. The summed E-state index contributed by atoms with van der Waals surface area (Å²) >= 11 is 0. The molecule has 4 atom stereocenters. The fourth-order valence-electron chi connectivity index (χ4n) is 1.84. The molecule has 2 nitrogen and oxygen atoms in total. The van der Waals surface area contributed by atoms with Crippen LogP contribution in [0, 0.1) is 11.8 Å². The van der Waals surface area contributed by atoms with Gasteiger partial charge >= 0.3 is 0 Å². The lowest BCUT2D eigenvalue weighted by Crippen LogP contribution is -2.35. The van der Waals surface area contributed by atoms with Crippen molar-refractivity contribution in [3.63, 3.8) is 0 Å². The number of hydrogen-bond acceptors (Lipinski definition) is 2. The Labute approximate surface area is 86.0 Å². The van der Waals surface area contributed by atoms with Crippen LogP contribution in [0.1, 0.15) is 27.2 Å². The zero-order chi connectivity index (χ0) is 10.7. The summed E-state index contributed by atoms with van der Waals surface area (Å²) in [4.78, 5) is 0. The summed E-state index contributed by atoms with van der Waals surface area (Å²) in [5.74, 6) is 0.274. The fourth-order valence-corrected chi connectivity index (χ4v) is 1.84. The van der Waals surface area contributed by atoms with E-state index in [0.29, 0.717) is 0 Å². The van der Waals surface area contributed by atoms with Crippen molar-refractivity contribution in [2.24, 2.45) is 11.8 Å². The molecule has 0 saturated carbocycles. The first-order valence-corrected chi connectivity index (χ1v) is 5.20. The topological polar surface area (TPSA) is 40.5 Å². The first-order valence-electron chi connectivity index (χ1n) is 5.20. The van der Waals surface area contributed by atoms with E-state index < -0.39 is 12.2 Å². The van der Waals surface area contributed by atoms with Crippen molar-refractivity contribution in [1.29, 1.82) is 0 Å². The molecule has 0 fully saturated rings. The summed E-state index contributed by atoms with van der Waals surface area (Å²) in [6.45, 7) is 6.08. The molecule has 14 heavy (non-hydrogen) atoms. The Morgan fingerprint density at radius 1 is 1.21 bits per heavy atom. The lowest BCUT2D eigenvalue weighted by atomic mass is 9.78. The van der Waals surface area contributed by atoms with E-state index in [1.165, 1.54) is 5.57 Å². The zero-order valence-corrected chi connectivity index (χ0v) is 9.14. The molecule has 0 saturated heterocycles. The summed E-state index contributed by atoms with van der Waals surface area (Å²) < 4.78 is 0. The Morgan fingerprint density at radius 2 is 1.79 bits per heavy atom. The minimum Gasteiger partial charge on any atom is -0.389 e. The number of aliphatic hydroxyl groups excluding tert-OH is 2. The molecule has 0 radical (unpaired) electrons. The molecule has 0 aromatic heterocycles. The predicted octanol–water partition coefficient (Wildman–Crippen LogP) is 1.89. The maximum Gasteiger partial charge on any atom is 0.0756 e. The van der Waals surface area contributed by atoms with Crippen molar-refractivity contribution < 1.29 is 10.2 Å². The van der Waals surface area contributed by atoms with Gasteiger partial charge in [-0.05, 0) is 32.1 Å². The summed E-state index contributed by atoms with van der Waals surface area (Å²) in [5, 5.41) is 19.4. The SMILES string of the molecule is CC(C)=CC[C@@H]1[C@H](O)C=CC(O)[C@@H]1C. The third kappa shape index (κ3) is 2.69. The van der Waals surface area contributed by atoms with Crippen LogP contribution in [0.4, 0.5) is 0 Å². The Bertz CT molecular complexity index is 239. The number of hydrogen-bond donors (Lipinski definition) is 2. The molecule has 1 unspecified atom stereocenters. The van der Waals surface area contributed by atoms with Gasteiger partial charge in [-0.3, -0.25) is 0 Å². The van der Waals surface area contributed by atoms with Crippen LogP contribution in [0.25, 0.3) is 0 Å². The van der Waals surface area contributed by atoms with Gasteiger partial charge in [0, 0.05) is 0 Å². The van der Waals surface area contributed by atoms with Gasteiger partial charge in [-0.25, -0.2) is 0 Å². The summed E-state index contributed by atoms with van der Waals surface area (Å²) in [7, 11) is 0. The normalized spacial score (nSPS) is 36.9. The highest BCUT2D eigenvalue weighted by atomic mass is 16.3. The van der Waals surface area contributed by atoms with Crippen LogP contribution in [0.5, 0.6) is 0 Å². The molecule has 0 aliphatic heterocycles. The largest absolute Gasteiger partial charge is 0.389 e. The van der Waals surface area contributed by atoms with Crippen molar-refractivity contribution in [2.45, 2.75) is 39.4 Å². The molecule has 0 aromatic rings. The summed E-state index contributed by atoms with van der Waals surface area (Å²) in [6, 6.07) is 0. The van der Waals surface area contributed by atoms with Crippen LogP contribution in [-0.4, -0.2) is 22.4 Å². The van der Waals surface area contributed by atoms with Gasteiger partial charge in [0.05, 0.1) is 12.2 Å². The maximum absolute atomic E-state index is 9.74. The Morgan fingerprint density at radius 3 is 2.36 bits per heavy atom. The first-order chi connectivity index (χ1) is 6.52. The molecule has 0 amide bonds. The van der Waals surface area contributed by atoms with Gasteiger partial charge in [-0.15, -0.1) is 0 Å².